The van der Waals surface area contributed by atoms with Crippen molar-refractivity contribution in [2.45, 2.75) is 19.4 Å². The Hall–Kier alpha value is -2.35. The van der Waals surface area contributed by atoms with Crippen LogP contribution in [0.15, 0.2) is 30.3 Å². The molecule has 1 amide bonds. The summed E-state index contributed by atoms with van der Waals surface area (Å²) in [6.07, 6.45) is -0.304. The van der Waals surface area contributed by atoms with Crippen LogP contribution in [0, 0.1) is 12.7 Å². The number of primary amides is 1. The number of nitrogens with two attached hydrogens (primary N) is 1. The molecule has 1 atom stereocenters. The molecule has 0 unspecified atom stereocenters. The third-order valence-electron chi connectivity index (χ3n) is 4.26. The quantitative estimate of drug-likeness (QED) is 0.759. The zero-order chi connectivity index (χ0) is 18.7. The molecule has 144 valence electrons. The van der Waals surface area contributed by atoms with E-state index in [9.17, 15) is 14.0 Å². The van der Waals surface area contributed by atoms with Gasteiger partial charge in [-0.2, -0.15) is 0 Å². The lowest BCUT2D eigenvalue weighted by molar-refractivity contribution is 0.0275. The molecule has 27 heavy (non-hydrogen) atoms. The molecular formula is C19H21ClFN3O3. The van der Waals surface area contributed by atoms with Gasteiger partial charge in [0.05, 0.1) is 12.7 Å². The minimum absolute atomic E-state index is 0. The van der Waals surface area contributed by atoms with Gasteiger partial charge < -0.3 is 15.8 Å². The monoisotopic (exact) mass is 393 g/mol. The second-order valence-corrected chi connectivity index (χ2v) is 6.26. The summed E-state index contributed by atoms with van der Waals surface area (Å²) in [7, 11) is 0. The lowest BCUT2D eigenvalue weighted by atomic mass is 9.99. The lowest BCUT2D eigenvalue weighted by Gasteiger charge is -2.24. The van der Waals surface area contributed by atoms with Crippen LogP contribution >= 0.6 is 12.4 Å². The third kappa shape index (κ3) is 5.09. The molecule has 0 aliphatic carbocycles. The van der Waals surface area contributed by atoms with E-state index in [0.717, 1.165) is 12.1 Å². The summed E-state index contributed by atoms with van der Waals surface area (Å²) >= 11 is 0. The van der Waals surface area contributed by atoms with Crippen LogP contribution in [0.4, 0.5) is 4.39 Å². The summed E-state index contributed by atoms with van der Waals surface area (Å²) in [6, 6.07) is 7.68. The van der Waals surface area contributed by atoms with Gasteiger partial charge >= 0.3 is 0 Å². The molecular weight excluding hydrogens is 373 g/mol. The van der Waals surface area contributed by atoms with E-state index in [1.165, 1.54) is 12.1 Å². The number of hydrogen-bond acceptors (Lipinski definition) is 5. The van der Waals surface area contributed by atoms with Crippen LogP contribution in [0.5, 0.6) is 0 Å². The van der Waals surface area contributed by atoms with Gasteiger partial charge in [0.2, 0.25) is 0 Å². The molecule has 1 fully saturated rings. The van der Waals surface area contributed by atoms with Crippen molar-refractivity contribution < 1.29 is 18.7 Å². The summed E-state index contributed by atoms with van der Waals surface area (Å²) in [5.74, 6) is -1.47. The molecule has 3 rings (SSSR count). The molecule has 1 aromatic heterocycles. The van der Waals surface area contributed by atoms with Crippen molar-refractivity contribution in [1.82, 2.24) is 10.3 Å². The van der Waals surface area contributed by atoms with Crippen molar-refractivity contribution in [3.8, 4) is 0 Å². The number of ether oxygens (including phenoxy) is 1. The zero-order valence-electron chi connectivity index (χ0n) is 14.8. The number of rotatable bonds is 5. The average molecular weight is 394 g/mol. The number of nitrogens with zero attached hydrogens (tertiary/aromatic N) is 1. The molecule has 0 spiro atoms. The number of nitrogens with one attached hydrogen (secondary N) is 1. The number of hydrogen-bond donors (Lipinski definition) is 2. The fourth-order valence-electron chi connectivity index (χ4n) is 2.92. The van der Waals surface area contributed by atoms with Crippen molar-refractivity contribution >= 4 is 24.1 Å². The Morgan fingerprint density at radius 3 is 2.74 bits per heavy atom. The number of halogens is 2. The highest BCUT2D eigenvalue weighted by Gasteiger charge is 2.19. The number of aromatic nitrogens is 1. The Balaban J connectivity index is 0.00000261. The number of pyridine rings is 1. The van der Waals surface area contributed by atoms with E-state index in [1.807, 2.05) is 0 Å². The Morgan fingerprint density at radius 2 is 2.11 bits per heavy atom. The molecule has 0 bridgehead atoms. The second kappa shape index (κ2) is 9.03. The smallest absolute Gasteiger partial charge is 0.267 e. The van der Waals surface area contributed by atoms with Crippen molar-refractivity contribution in [2.24, 2.45) is 5.73 Å². The predicted octanol–water partition coefficient (Wildman–Crippen LogP) is 2.14. The van der Waals surface area contributed by atoms with Crippen LogP contribution in [0.2, 0.25) is 0 Å². The van der Waals surface area contributed by atoms with Crippen LogP contribution in [-0.2, 0) is 11.2 Å². The molecule has 1 aliphatic heterocycles. The minimum Gasteiger partial charge on any atom is -0.371 e. The largest absolute Gasteiger partial charge is 0.371 e. The van der Waals surface area contributed by atoms with Gasteiger partial charge in [0.15, 0.2) is 5.78 Å². The lowest BCUT2D eigenvalue weighted by Crippen LogP contribution is -2.33. The number of ketones is 1. The SMILES string of the molecule is Cc1cc(C(=O)Cc2ccc([C@H]3CNCCO3)cc2F)cc(C(N)=O)n1.Cl. The van der Waals surface area contributed by atoms with Gasteiger partial charge in [0, 0.05) is 30.8 Å². The number of amides is 1. The van der Waals surface area contributed by atoms with Crippen LogP contribution in [0.25, 0.3) is 0 Å². The van der Waals surface area contributed by atoms with E-state index in [2.05, 4.69) is 10.3 Å². The van der Waals surface area contributed by atoms with Crippen LogP contribution in [0.3, 0.4) is 0 Å². The molecule has 1 saturated heterocycles. The van der Waals surface area contributed by atoms with E-state index >= 15 is 0 Å². The summed E-state index contributed by atoms with van der Waals surface area (Å²) < 4.78 is 20.1. The zero-order valence-corrected chi connectivity index (χ0v) is 15.6. The van der Waals surface area contributed by atoms with Crippen molar-refractivity contribution in [3.05, 3.63) is 64.2 Å². The Labute approximate surface area is 162 Å². The fourth-order valence-corrected chi connectivity index (χ4v) is 2.92. The second-order valence-electron chi connectivity index (χ2n) is 6.26. The van der Waals surface area contributed by atoms with Crippen molar-refractivity contribution in [1.29, 1.82) is 0 Å². The predicted molar refractivity (Wildman–Crippen MR) is 101 cm³/mol. The Bertz CT molecular complexity index is 854. The maximum Gasteiger partial charge on any atom is 0.267 e. The topological polar surface area (TPSA) is 94.3 Å². The summed E-state index contributed by atoms with van der Waals surface area (Å²) in [5, 5.41) is 3.20. The highest BCUT2D eigenvalue weighted by molar-refractivity contribution is 6.00. The Kier molecular flexibility index (Phi) is 7.01. The van der Waals surface area contributed by atoms with Gasteiger partial charge in [-0.05, 0) is 36.2 Å². The highest BCUT2D eigenvalue weighted by atomic mass is 35.5. The first kappa shape index (κ1) is 21.0. The van der Waals surface area contributed by atoms with Gasteiger partial charge in [-0.15, -0.1) is 12.4 Å². The van der Waals surface area contributed by atoms with E-state index in [-0.39, 0.29) is 47.5 Å². The third-order valence-corrected chi connectivity index (χ3v) is 4.26. The number of carbonyl (C=O) groups excluding carboxylic acids is 2. The molecule has 3 N–H and O–H groups in total. The van der Waals surface area contributed by atoms with Crippen LogP contribution in [-0.4, -0.2) is 36.4 Å². The maximum absolute atomic E-state index is 14.5. The van der Waals surface area contributed by atoms with E-state index in [0.29, 0.717) is 18.8 Å². The van der Waals surface area contributed by atoms with E-state index in [1.54, 1.807) is 25.1 Å². The number of aryl methyl sites for hydroxylation is 1. The van der Waals surface area contributed by atoms with Gasteiger partial charge in [-0.3, -0.25) is 9.59 Å². The van der Waals surface area contributed by atoms with Gasteiger partial charge in [0.1, 0.15) is 11.5 Å². The number of morpholine rings is 1. The molecule has 1 aliphatic rings. The Morgan fingerprint density at radius 1 is 1.33 bits per heavy atom. The van der Waals surface area contributed by atoms with E-state index in [4.69, 9.17) is 10.5 Å². The van der Waals surface area contributed by atoms with Crippen LogP contribution < -0.4 is 11.1 Å². The van der Waals surface area contributed by atoms with Crippen molar-refractivity contribution in [2.75, 3.05) is 19.7 Å². The molecule has 0 radical (unpaired) electrons. The minimum atomic E-state index is -0.709. The average Bonchev–Trinajstić information content (AvgIpc) is 2.63. The summed E-state index contributed by atoms with van der Waals surface area (Å²) in [5.41, 5.74) is 7.06. The number of Topliss-reactive ketones (excluding diaryl/α,β-unsaturated/α-hetero) is 1. The summed E-state index contributed by atoms with van der Waals surface area (Å²) in [4.78, 5) is 27.8. The number of benzene rings is 1. The molecule has 8 heteroatoms. The summed E-state index contributed by atoms with van der Waals surface area (Å²) in [6.45, 7) is 3.65. The highest BCUT2D eigenvalue weighted by Crippen LogP contribution is 2.22. The maximum atomic E-state index is 14.5. The molecule has 1 aromatic carbocycles. The number of carbonyl (C=O) groups is 2. The molecule has 0 saturated carbocycles. The fraction of sp³-hybridized carbons (Fsp3) is 0.316. The van der Waals surface area contributed by atoms with Gasteiger partial charge in [-0.25, -0.2) is 9.37 Å². The molecule has 6 nitrogen and oxygen atoms in total. The van der Waals surface area contributed by atoms with E-state index < -0.39 is 11.7 Å². The van der Waals surface area contributed by atoms with Gasteiger partial charge in [0.25, 0.3) is 5.91 Å². The molecule has 2 aromatic rings. The van der Waals surface area contributed by atoms with Crippen LogP contribution in [0.1, 0.15) is 43.8 Å². The first-order valence-electron chi connectivity index (χ1n) is 8.36. The molecule has 2 heterocycles. The first-order chi connectivity index (χ1) is 12.4. The van der Waals surface area contributed by atoms with Crippen molar-refractivity contribution in [3.63, 3.8) is 0 Å². The normalized spacial score (nSPS) is 16.4. The standard InChI is InChI=1S/C19H20FN3O3.ClH/c1-11-6-14(8-16(23-11)19(21)25)17(24)9-12-2-3-13(7-15(12)20)18-10-22-4-5-26-18;/h2-3,6-8,18,22H,4-5,9-10H2,1H3,(H2,21,25);1H/t18-;/m1./s1. The van der Waals surface area contributed by atoms with Gasteiger partial charge in [-0.1, -0.05) is 12.1 Å². The first-order valence-corrected chi connectivity index (χ1v) is 8.36.